The SMILES string of the molecule is C=C1Cc2ccc(C(C)(C)C)cc2NC(C(C)(C)C)C1.CC(C)(C)c1ccc2c(c1)N(C(C)(C)C)CCC(=O)C2.CC(C)(C)c1ccc2c(c1)NC(C(C)(C)C)CNC2=O. The van der Waals surface area contributed by atoms with E-state index in [1.54, 1.807) is 0 Å². The van der Waals surface area contributed by atoms with E-state index < -0.39 is 0 Å². The van der Waals surface area contributed by atoms with Gasteiger partial charge in [0.05, 0.1) is 5.56 Å². The first-order valence-electron chi connectivity index (χ1n) is 22.4. The Balaban J connectivity index is 0.000000198. The van der Waals surface area contributed by atoms with Crippen LogP contribution in [0.15, 0.2) is 66.7 Å². The molecule has 6 rings (SSSR count). The Labute approximate surface area is 366 Å². The molecule has 6 heteroatoms. The Hall–Kier alpha value is -4.06. The molecular formula is C54H82N4O2. The van der Waals surface area contributed by atoms with Crippen LogP contribution in [-0.2, 0) is 33.9 Å². The summed E-state index contributed by atoms with van der Waals surface area (Å²) in [7, 11) is 0. The zero-order chi connectivity index (χ0) is 45.4. The minimum Gasteiger partial charge on any atom is -0.381 e. The largest absolute Gasteiger partial charge is 0.381 e. The van der Waals surface area contributed by atoms with Crippen molar-refractivity contribution >= 4 is 28.8 Å². The molecule has 3 aliphatic heterocycles. The number of nitrogens with one attached hydrogen (secondary N) is 3. The number of fused-ring (bicyclic) bond motifs is 3. The van der Waals surface area contributed by atoms with E-state index in [4.69, 9.17) is 0 Å². The van der Waals surface area contributed by atoms with Gasteiger partial charge in [0.1, 0.15) is 5.78 Å². The molecule has 0 saturated carbocycles. The van der Waals surface area contributed by atoms with Gasteiger partial charge in [0.15, 0.2) is 0 Å². The van der Waals surface area contributed by atoms with E-state index >= 15 is 0 Å². The van der Waals surface area contributed by atoms with Gasteiger partial charge < -0.3 is 20.9 Å². The Morgan fingerprint density at radius 3 is 1.58 bits per heavy atom. The van der Waals surface area contributed by atoms with Gasteiger partial charge in [-0.2, -0.15) is 0 Å². The Bertz CT molecular complexity index is 2010. The lowest BCUT2D eigenvalue weighted by Crippen LogP contribution is -2.42. The zero-order valence-electron chi connectivity index (χ0n) is 41.1. The number of hydrogen-bond acceptors (Lipinski definition) is 5. The lowest BCUT2D eigenvalue weighted by molar-refractivity contribution is -0.118. The predicted molar refractivity (Wildman–Crippen MR) is 259 cm³/mol. The number of nitrogens with zero attached hydrogens (tertiary/aromatic N) is 1. The third kappa shape index (κ3) is 12.7. The number of anilines is 3. The Morgan fingerprint density at radius 1 is 0.583 bits per heavy atom. The van der Waals surface area contributed by atoms with Crippen LogP contribution in [0.25, 0.3) is 0 Å². The standard InChI is InChI=1S/C19H29N.C18H27NO.C17H26N2O/c1-13-10-14-8-9-15(18(2,3)4)12-16(14)20-17(11-13)19(5,6)7;1-17(2,3)14-8-7-13-11-15(20)9-10-19(16(13)12-14)18(4,5)6;1-16(2,3)11-7-8-12-13(9-11)19-14(17(4,5)6)10-18-15(12)20/h8-9,12,17,20H,1,10-11H2,2-7H3;7-8,12H,9-11H2,1-6H3;7-9,14,19H,10H2,1-6H3,(H,18,20). The van der Waals surface area contributed by atoms with Crippen LogP contribution in [0, 0.1) is 10.8 Å². The Kier molecular flexibility index (Phi) is 14.4. The molecule has 2 unspecified atom stereocenters. The number of ketones is 1. The van der Waals surface area contributed by atoms with Crippen molar-refractivity contribution in [2.75, 3.05) is 28.6 Å². The number of benzene rings is 3. The van der Waals surface area contributed by atoms with Crippen LogP contribution in [0.5, 0.6) is 0 Å². The zero-order valence-corrected chi connectivity index (χ0v) is 41.1. The van der Waals surface area contributed by atoms with Crippen LogP contribution in [0.2, 0.25) is 0 Å². The lowest BCUT2D eigenvalue weighted by Gasteiger charge is -2.38. The van der Waals surface area contributed by atoms with E-state index in [2.05, 4.69) is 201 Å². The maximum absolute atomic E-state index is 12.2. The molecular weight excluding hydrogens is 737 g/mol. The first-order valence-corrected chi connectivity index (χ1v) is 22.4. The van der Waals surface area contributed by atoms with E-state index in [1.165, 1.54) is 44.8 Å². The van der Waals surface area contributed by atoms with Crippen molar-refractivity contribution < 1.29 is 9.59 Å². The summed E-state index contributed by atoms with van der Waals surface area (Å²) in [5.74, 6) is 0.362. The molecule has 2 atom stereocenters. The number of hydrogen-bond donors (Lipinski definition) is 3. The lowest BCUT2D eigenvalue weighted by atomic mass is 9.83. The van der Waals surface area contributed by atoms with Crippen molar-refractivity contribution in [2.24, 2.45) is 10.8 Å². The van der Waals surface area contributed by atoms with Gasteiger partial charge in [-0.05, 0) is 113 Å². The smallest absolute Gasteiger partial charge is 0.253 e. The van der Waals surface area contributed by atoms with Crippen LogP contribution in [0.3, 0.4) is 0 Å². The second kappa shape index (κ2) is 17.7. The fraction of sp³-hybridized carbons (Fsp3) is 0.593. The highest BCUT2D eigenvalue weighted by atomic mass is 16.1. The van der Waals surface area contributed by atoms with Crippen LogP contribution in [0.4, 0.5) is 17.1 Å². The molecule has 0 aromatic heterocycles. The second-order valence-corrected chi connectivity index (χ2v) is 24.0. The predicted octanol–water partition coefficient (Wildman–Crippen LogP) is 13.0. The highest BCUT2D eigenvalue weighted by Gasteiger charge is 2.32. The molecule has 3 aliphatic rings. The van der Waals surface area contributed by atoms with E-state index in [0.29, 0.717) is 31.2 Å². The topological polar surface area (TPSA) is 73.5 Å². The molecule has 3 heterocycles. The second-order valence-electron chi connectivity index (χ2n) is 24.0. The summed E-state index contributed by atoms with van der Waals surface area (Å²) in [6.45, 7) is 45.9. The van der Waals surface area contributed by atoms with Gasteiger partial charge in [0.25, 0.3) is 5.91 Å². The van der Waals surface area contributed by atoms with Gasteiger partial charge in [-0.25, -0.2) is 0 Å². The summed E-state index contributed by atoms with van der Waals surface area (Å²) in [6.07, 6.45) is 3.28. The van der Waals surface area contributed by atoms with Gasteiger partial charge in [-0.15, -0.1) is 0 Å². The number of rotatable bonds is 0. The fourth-order valence-electron chi connectivity index (χ4n) is 7.89. The van der Waals surface area contributed by atoms with Crippen LogP contribution < -0.4 is 20.9 Å². The molecule has 0 fully saturated rings. The first-order chi connectivity index (χ1) is 27.2. The van der Waals surface area contributed by atoms with Crippen LogP contribution in [-0.4, -0.2) is 42.4 Å². The van der Waals surface area contributed by atoms with Crippen LogP contribution >= 0.6 is 0 Å². The number of amides is 1. The van der Waals surface area contributed by atoms with Crippen molar-refractivity contribution in [3.63, 3.8) is 0 Å². The van der Waals surface area contributed by atoms with Crippen LogP contribution in [0.1, 0.15) is 176 Å². The molecule has 3 N–H and O–H groups in total. The summed E-state index contributed by atoms with van der Waals surface area (Å²) < 4.78 is 0. The summed E-state index contributed by atoms with van der Waals surface area (Å²) in [6, 6.07) is 20.3. The monoisotopic (exact) mass is 819 g/mol. The average Bonchev–Trinajstić information content (AvgIpc) is 3.46. The third-order valence-electron chi connectivity index (χ3n) is 12.3. The Morgan fingerprint density at radius 2 is 1.07 bits per heavy atom. The normalized spacial score (nSPS) is 18.9. The molecule has 1 amide bonds. The van der Waals surface area contributed by atoms with Crippen molar-refractivity contribution in [3.8, 4) is 0 Å². The van der Waals surface area contributed by atoms with Crippen molar-refractivity contribution in [1.82, 2.24) is 5.32 Å². The van der Waals surface area contributed by atoms with E-state index in [0.717, 1.165) is 30.6 Å². The maximum atomic E-state index is 12.2. The van der Waals surface area contributed by atoms with Gasteiger partial charge in [0, 0.05) is 60.6 Å². The maximum Gasteiger partial charge on any atom is 0.253 e. The number of Topliss-reactive ketones (excluding diaryl/α,β-unsaturated/α-hetero) is 1. The molecule has 3 aromatic carbocycles. The van der Waals surface area contributed by atoms with Gasteiger partial charge in [0.2, 0.25) is 0 Å². The third-order valence-corrected chi connectivity index (χ3v) is 12.3. The van der Waals surface area contributed by atoms with Crippen molar-refractivity contribution in [1.29, 1.82) is 0 Å². The fourth-order valence-corrected chi connectivity index (χ4v) is 7.89. The van der Waals surface area contributed by atoms with E-state index in [1.807, 2.05) is 6.07 Å². The molecule has 0 aliphatic carbocycles. The quantitative estimate of drug-likeness (QED) is 0.197. The number of carbonyl (C=O) groups is 2. The highest BCUT2D eigenvalue weighted by Crippen LogP contribution is 2.38. The van der Waals surface area contributed by atoms with Gasteiger partial charge in [-0.1, -0.05) is 146 Å². The molecule has 3 aromatic rings. The minimum atomic E-state index is 0.0136. The van der Waals surface area contributed by atoms with Crippen molar-refractivity contribution in [3.05, 3.63) is 100 Å². The van der Waals surface area contributed by atoms with E-state index in [9.17, 15) is 9.59 Å². The van der Waals surface area contributed by atoms with Crippen molar-refractivity contribution in [2.45, 2.75) is 184 Å². The molecule has 0 saturated heterocycles. The molecule has 0 radical (unpaired) electrons. The summed E-state index contributed by atoms with van der Waals surface area (Å²) >= 11 is 0. The summed E-state index contributed by atoms with van der Waals surface area (Å²) in [5, 5.41) is 10.4. The summed E-state index contributed by atoms with van der Waals surface area (Å²) in [5.41, 5.74) is 12.9. The molecule has 330 valence electrons. The molecule has 60 heavy (non-hydrogen) atoms. The highest BCUT2D eigenvalue weighted by molar-refractivity contribution is 6.00. The van der Waals surface area contributed by atoms with Gasteiger partial charge >= 0.3 is 0 Å². The minimum absolute atomic E-state index is 0.0136. The molecule has 6 nitrogen and oxygen atoms in total. The first kappa shape index (κ1) is 48.6. The van der Waals surface area contributed by atoms with Gasteiger partial charge in [-0.3, -0.25) is 9.59 Å². The molecule has 0 bridgehead atoms. The summed E-state index contributed by atoms with van der Waals surface area (Å²) in [4.78, 5) is 26.6. The average molecular weight is 819 g/mol. The molecule has 0 spiro atoms. The van der Waals surface area contributed by atoms with E-state index in [-0.39, 0.29) is 44.6 Å². The number of carbonyl (C=O) groups excluding carboxylic acids is 2.